The third kappa shape index (κ3) is 15.8. The summed E-state index contributed by atoms with van der Waals surface area (Å²) in [5.41, 5.74) is 0. The van der Waals surface area contributed by atoms with Gasteiger partial charge in [0.05, 0.1) is 18.8 Å². The van der Waals surface area contributed by atoms with E-state index in [1.165, 1.54) is 13.1 Å². The third-order valence-electron chi connectivity index (χ3n) is 3.71. The van der Waals surface area contributed by atoms with Crippen LogP contribution in [-0.2, 0) is 17.1 Å². The van der Waals surface area contributed by atoms with Gasteiger partial charge in [-0.25, -0.2) is 0 Å². The zero-order valence-corrected chi connectivity index (χ0v) is 20.7. The number of hydrogen-bond donors (Lipinski definition) is 1. The van der Waals surface area contributed by atoms with E-state index in [0.717, 1.165) is 45.1 Å². The van der Waals surface area contributed by atoms with Crippen molar-refractivity contribution in [1.29, 1.82) is 0 Å². The minimum absolute atomic E-state index is 0. The fourth-order valence-electron chi connectivity index (χ4n) is 2.51. The highest BCUT2D eigenvalue weighted by molar-refractivity contribution is 14.1. The van der Waals surface area contributed by atoms with E-state index in [0.29, 0.717) is 26.6 Å². The van der Waals surface area contributed by atoms with Crippen LogP contribution >= 0.6 is 75.6 Å². The molecule has 2 saturated heterocycles. The van der Waals surface area contributed by atoms with Gasteiger partial charge in [0.15, 0.2) is 7.37 Å². The number of unbranched alkanes of at least 4 members (excludes halogenated alkanes) is 1. The lowest BCUT2D eigenvalue weighted by molar-refractivity contribution is 0.0733. The van der Waals surface area contributed by atoms with Gasteiger partial charge in [-0.1, -0.05) is 66.5 Å². The van der Waals surface area contributed by atoms with Gasteiger partial charge in [-0.2, -0.15) is 0 Å². The molecule has 2 fully saturated rings. The van der Waals surface area contributed by atoms with E-state index in [2.05, 4.69) is 45.2 Å². The van der Waals surface area contributed by atoms with Crippen molar-refractivity contribution in [2.75, 3.05) is 19.4 Å². The highest BCUT2D eigenvalue weighted by Crippen LogP contribution is 2.36. The summed E-state index contributed by atoms with van der Waals surface area (Å²) in [6.07, 6.45) is 8.71. The molecule has 0 radical (unpaired) electrons. The second-order valence-corrected chi connectivity index (χ2v) is 12.0. The van der Waals surface area contributed by atoms with Gasteiger partial charge in [0.25, 0.3) is 0 Å². The molecule has 5 unspecified atom stereocenters. The van der Waals surface area contributed by atoms with E-state index >= 15 is 0 Å². The van der Waals surface area contributed by atoms with Crippen LogP contribution in [-0.4, -0.2) is 44.8 Å². The monoisotopic (exact) mass is 718 g/mol. The Morgan fingerprint density at radius 2 is 1.56 bits per heavy atom. The third-order valence-corrected chi connectivity index (χ3v) is 7.05. The summed E-state index contributed by atoms with van der Waals surface area (Å²) >= 11 is 6.52. The molecule has 9 heteroatoms. The van der Waals surface area contributed by atoms with Gasteiger partial charge in [-0.05, 0) is 38.5 Å². The van der Waals surface area contributed by atoms with Crippen molar-refractivity contribution in [1.82, 2.24) is 0 Å². The van der Waals surface area contributed by atoms with Crippen LogP contribution in [0.3, 0.4) is 0 Å². The Morgan fingerprint density at radius 3 is 1.96 bits per heavy atom. The summed E-state index contributed by atoms with van der Waals surface area (Å²) in [6, 6.07) is 0. The first-order valence-corrected chi connectivity index (χ1v) is 13.6. The Hall–Kier alpha value is 2.26. The minimum Gasteiger partial charge on any atom is -0.365 e. The molecule has 0 amide bonds. The Bertz CT molecular complexity index is 368. The summed E-state index contributed by atoms with van der Waals surface area (Å²) in [5, 5.41) is 0. The van der Waals surface area contributed by atoms with Crippen LogP contribution in [0.4, 0.5) is 0 Å². The van der Waals surface area contributed by atoms with E-state index in [9.17, 15) is 4.57 Å². The molecule has 2 aliphatic heterocycles. The summed E-state index contributed by atoms with van der Waals surface area (Å²) in [6.45, 7) is 2.17. The Kier molecular flexibility index (Phi) is 19.0. The van der Waals surface area contributed by atoms with Crippen molar-refractivity contribution >= 4 is 75.6 Å². The van der Waals surface area contributed by atoms with Crippen molar-refractivity contribution in [3.8, 4) is 0 Å². The van der Waals surface area contributed by atoms with Crippen LogP contribution in [0.1, 0.15) is 59.8 Å². The lowest BCUT2D eigenvalue weighted by atomic mass is 10.1. The minimum atomic E-state index is -2.78. The highest BCUT2D eigenvalue weighted by atomic mass is 127. The molecular formula is C16H34I3O5P. The quantitative estimate of drug-likeness (QED) is 0.140. The molecule has 0 aromatic heterocycles. The van der Waals surface area contributed by atoms with Crippen molar-refractivity contribution in [3.05, 3.63) is 0 Å². The molecule has 0 aromatic carbocycles. The Labute approximate surface area is 195 Å². The largest absolute Gasteiger partial charge is 0.365 e. The molecule has 2 rings (SSSR count). The second kappa shape index (κ2) is 16.1. The van der Waals surface area contributed by atoms with Gasteiger partial charge in [-0.15, -0.1) is 0 Å². The van der Waals surface area contributed by atoms with Gasteiger partial charge in [0, 0.05) is 12.8 Å². The van der Waals surface area contributed by atoms with Crippen LogP contribution in [0.15, 0.2) is 0 Å². The average molecular weight is 718 g/mol. The fraction of sp³-hybridized carbons (Fsp3) is 1.00. The molecule has 0 aromatic rings. The topological polar surface area (TPSA) is 65.0 Å². The number of halogens is 3. The van der Waals surface area contributed by atoms with Crippen LogP contribution in [0.5, 0.6) is 0 Å². The second-order valence-electron chi connectivity index (χ2n) is 6.04. The molecule has 25 heavy (non-hydrogen) atoms. The van der Waals surface area contributed by atoms with Crippen molar-refractivity contribution in [2.24, 2.45) is 0 Å². The molecule has 0 saturated carbocycles. The number of alkyl halides is 2. The first kappa shape index (κ1) is 29.5. The number of ether oxygens (including phenoxy) is 2. The molecule has 5 atom stereocenters. The molecule has 0 spiro atoms. The smallest absolute Gasteiger partial charge is 0.197 e. The highest BCUT2D eigenvalue weighted by Gasteiger charge is 2.23. The number of rotatable bonds is 7. The van der Waals surface area contributed by atoms with Gasteiger partial charge in [-0.3, -0.25) is 4.57 Å². The lowest BCUT2D eigenvalue weighted by Gasteiger charge is -2.10. The predicted molar refractivity (Wildman–Crippen MR) is 132 cm³/mol. The molecule has 0 aliphatic carbocycles. The zero-order chi connectivity index (χ0) is 17.3. The van der Waals surface area contributed by atoms with E-state index in [1.807, 2.05) is 23.0 Å². The molecular weight excluding hydrogens is 684 g/mol. The maximum Gasteiger partial charge on any atom is 0.197 e. The first-order valence-electron chi connectivity index (χ1n) is 7.92. The van der Waals surface area contributed by atoms with E-state index in [4.69, 9.17) is 17.4 Å². The summed E-state index contributed by atoms with van der Waals surface area (Å²) < 4.78 is 27.8. The van der Waals surface area contributed by atoms with Crippen LogP contribution < -0.4 is 0 Å². The molecule has 154 valence electrons. The molecule has 5 nitrogen and oxygen atoms in total. The maximum atomic E-state index is 11.0. The van der Waals surface area contributed by atoms with Gasteiger partial charge in [0.2, 0.25) is 0 Å². The van der Waals surface area contributed by atoms with E-state index in [-0.39, 0.29) is 14.9 Å². The maximum absolute atomic E-state index is 11.0. The summed E-state index contributed by atoms with van der Waals surface area (Å²) in [4.78, 5) is 9.07. The van der Waals surface area contributed by atoms with E-state index in [1.54, 1.807) is 0 Å². The summed E-state index contributed by atoms with van der Waals surface area (Å²) in [7, 11) is -2.78. The van der Waals surface area contributed by atoms with Gasteiger partial charge in [0.1, 0.15) is 31.2 Å². The van der Waals surface area contributed by atoms with Crippen molar-refractivity contribution in [2.45, 2.75) is 80.2 Å². The molecule has 1 N–H and O–H groups in total. The van der Waals surface area contributed by atoms with Crippen LogP contribution in [0, 0.1) is 0 Å². The van der Waals surface area contributed by atoms with Gasteiger partial charge < -0.3 is 17.4 Å². The Balaban J connectivity index is 0. The van der Waals surface area contributed by atoms with Crippen molar-refractivity contribution < 1.29 is 22.0 Å². The van der Waals surface area contributed by atoms with Crippen LogP contribution in [0.25, 0.3) is 0 Å². The number of hydrogen-bond acceptors (Lipinski definition) is 4. The Morgan fingerprint density at radius 1 is 1.04 bits per heavy atom. The standard InChI is InChI=1S/C9H18IO3P.C5H8I2O2.2CH4/c1-14(11,12)7-3-2-4-8-5-6-9(10)13-8;6-5-2-1-4(9-5)3-8-7;;/h8-9H,2-7H2,1H3,(H,11,12);4-5H,1-3H2;2*1H4. The fourth-order valence-corrected chi connectivity index (χ4v) is 5.27. The predicted octanol–water partition coefficient (Wildman–Crippen LogP) is 6.56. The van der Waals surface area contributed by atoms with Crippen molar-refractivity contribution in [3.63, 3.8) is 0 Å². The normalized spacial score (nSPS) is 30.4. The molecule has 2 heterocycles. The summed E-state index contributed by atoms with van der Waals surface area (Å²) in [5.74, 6) is 0. The van der Waals surface area contributed by atoms with E-state index < -0.39 is 7.37 Å². The molecule has 0 bridgehead atoms. The van der Waals surface area contributed by atoms with Gasteiger partial charge >= 0.3 is 0 Å². The average Bonchev–Trinajstić information content (AvgIpc) is 3.04. The van der Waals surface area contributed by atoms with Crippen LogP contribution in [0.2, 0.25) is 0 Å². The SMILES string of the molecule is C.C.CP(=O)(O)CCCCC1CCC(I)O1.IOCC1CCC(I)O1. The molecule has 2 aliphatic rings. The first-order chi connectivity index (χ1) is 10.8. The zero-order valence-electron chi connectivity index (χ0n) is 13.3. The lowest BCUT2D eigenvalue weighted by Crippen LogP contribution is -2.11.